The number of amides is 2. The van der Waals surface area contributed by atoms with Gasteiger partial charge in [-0.2, -0.15) is 5.10 Å². The van der Waals surface area contributed by atoms with Crippen LogP contribution in [0.25, 0.3) is 0 Å². The van der Waals surface area contributed by atoms with Crippen molar-refractivity contribution in [2.45, 2.75) is 26.3 Å². The van der Waals surface area contributed by atoms with Crippen molar-refractivity contribution < 1.29 is 9.59 Å². The van der Waals surface area contributed by atoms with Crippen LogP contribution in [0.5, 0.6) is 0 Å². The summed E-state index contributed by atoms with van der Waals surface area (Å²) in [7, 11) is 3.28. The van der Waals surface area contributed by atoms with Gasteiger partial charge in [-0.05, 0) is 18.4 Å². The maximum absolute atomic E-state index is 12.0. The number of rotatable bonds is 5. The molecule has 0 aliphatic carbocycles. The molecule has 0 spiro atoms. The number of hydrogen-bond donors (Lipinski definition) is 2. The molecule has 7 heteroatoms. The van der Waals surface area contributed by atoms with Gasteiger partial charge in [-0.25, -0.2) is 5.10 Å². The van der Waals surface area contributed by atoms with E-state index in [1.807, 2.05) is 13.8 Å². The van der Waals surface area contributed by atoms with Crippen LogP contribution < -0.4 is 10.9 Å². The van der Waals surface area contributed by atoms with E-state index in [-0.39, 0.29) is 23.1 Å². The molecule has 0 aliphatic heterocycles. The summed E-state index contributed by atoms with van der Waals surface area (Å²) >= 11 is 0. The van der Waals surface area contributed by atoms with E-state index in [1.54, 1.807) is 14.1 Å². The molecule has 0 radical (unpaired) electrons. The summed E-state index contributed by atoms with van der Waals surface area (Å²) in [4.78, 5) is 36.4. The van der Waals surface area contributed by atoms with Crippen LogP contribution in [-0.4, -0.2) is 47.0 Å². The van der Waals surface area contributed by atoms with Crippen LogP contribution in [0.4, 0.5) is 0 Å². The Hall–Kier alpha value is -2.18. The molecule has 7 nitrogen and oxygen atoms in total. The number of nitrogens with one attached hydrogen (secondary N) is 2. The zero-order chi connectivity index (χ0) is 15.3. The maximum Gasteiger partial charge on any atom is 0.272 e. The Morgan fingerprint density at radius 3 is 2.45 bits per heavy atom. The highest BCUT2D eigenvalue weighted by Gasteiger charge is 2.24. The Kier molecular flexibility index (Phi) is 5.42. The highest BCUT2D eigenvalue weighted by atomic mass is 16.2. The lowest BCUT2D eigenvalue weighted by Crippen LogP contribution is -2.47. The molecule has 1 aromatic rings. The van der Waals surface area contributed by atoms with Gasteiger partial charge in [-0.1, -0.05) is 13.8 Å². The lowest BCUT2D eigenvalue weighted by molar-refractivity contribution is -0.131. The number of nitrogens with zero attached hydrogens (tertiary/aromatic N) is 2. The summed E-state index contributed by atoms with van der Waals surface area (Å²) in [6.45, 7) is 3.95. The number of carbonyl (C=O) groups excluding carboxylic acids is 2. The normalized spacial score (nSPS) is 12.1. The summed E-state index contributed by atoms with van der Waals surface area (Å²) in [5.41, 5.74) is -0.311. The standard InChI is InChI=1S/C13H20N4O3/c1-8(2)7-10(13(20)17(3)4)14-12(19)9-5-6-11(18)16-15-9/h5-6,8,10H,7H2,1-4H3,(H,14,19)(H,16,18)/t10-/m1/s1. The molecule has 1 rings (SSSR count). The summed E-state index contributed by atoms with van der Waals surface area (Å²) in [5, 5.41) is 8.48. The van der Waals surface area contributed by atoms with Gasteiger partial charge in [0.2, 0.25) is 5.91 Å². The van der Waals surface area contributed by atoms with E-state index >= 15 is 0 Å². The minimum Gasteiger partial charge on any atom is -0.347 e. The van der Waals surface area contributed by atoms with E-state index in [9.17, 15) is 14.4 Å². The van der Waals surface area contributed by atoms with E-state index in [0.29, 0.717) is 6.42 Å². The first kappa shape index (κ1) is 15.9. The Labute approximate surface area is 117 Å². The molecule has 1 heterocycles. The average Bonchev–Trinajstić information content (AvgIpc) is 2.37. The molecule has 1 atom stereocenters. The van der Waals surface area contributed by atoms with Crippen molar-refractivity contribution in [2.75, 3.05) is 14.1 Å². The first-order valence-electron chi connectivity index (χ1n) is 6.39. The second-order valence-corrected chi connectivity index (χ2v) is 5.19. The number of aromatic nitrogens is 2. The zero-order valence-corrected chi connectivity index (χ0v) is 12.1. The Bertz CT molecular complexity index is 516. The molecule has 2 N–H and O–H groups in total. The smallest absolute Gasteiger partial charge is 0.272 e. The van der Waals surface area contributed by atoms with Gasteiger partial charge in [0.25, 0.3) is 11.5 Å². The Morgan fingerprint density at radius 1 is 1.35 bits per heavy atom. The maximum atomic E-state index is 12.0. The van der Waals surface area contributed by atoms with Gasteiger partial charge in [-0.15, -0.1) is 0 Å². The Morgan fingerprint density at radius 2 is 2.00 bits per heavy atom. The van der Waals surface area contributed by atoms with E-state index in [4.69, 9.17) is 0 Å². The minimum absolute atomic E-state index is 0.0740. The third-order valence-electron chi connectivity index (χ3n) is 2.66. The molecule has 20 heavy (non-hydrogen) atoms. The average molecular weight is 280 g/mol. The summed E-state index contributed by atoms with van der Waals surface area (Å²) in [6, 6.07) is 1.93. The lowest BCUT2D eigenvalue weighted by atomic mass is 10.0. The van der Waals surface area contributed by atoms with Gasteiger partial charge in [0.05, 0.1) is 0 Å². The van der Waals surface area contributed by atoms with Crippen molar-refractivity contribution in [2.24, 2.45) is 5.92 Å². The second-order valence-electron chi connectivity index (χ2n) is 5.19. The fourth-order valence-electron chi connectivity index (χ4n) is 1.71. The molecule has 0 aromatic carbocycles. The first-order chi connectivity index (χ1) is 9.31. The first-order valence-corrected chi connectivity index (χ1v) is 6.39. The van der Waals surface area contributed by atoms with E-state index in [1.165, 1.54) is 17.0 Å². The lowest BCUT2D eigenvalue weighted by Gasteiger charge is -2.22. The quantitative estimate of drug-likeness (QED) is 0.793. The molecule has 0 saturated heterocycles. The number of carbonyl (C=O) groups is 2. The van der Waals surface area contributed by atoms with Gasteiger partial charge in [-0.3, -0.25) is 14.4 Å². The fraction of sp³-hybridized carbons (Fsp3) is 0.538. The van der Waals surface area contributed by atoms with Crippen molar-refractivity contribution in [1.29, 1.82) is 0 Å². The van der Waals surface area contributed by atoms with Gasteiger partial charge >= 0.3 is 0 Å². The molecule has 0 unspecified atom stereocenters. The summed E-state index contributed by atoms with van der Waals surface area (Å²) in [6.07, 6.45) is 0.534. The van der Waals surface area contributed by atoms with Gasteiger partial charge in [0.15, 0.2) is 0 Å². The number of hydrogen-bond acceptors (Lipinski definition) is 4. The third-order valence-corrected chi connectivity index (χ3v) is 2.66. The van der Waals surface area contributed by atoms with Crippen molar-refractivity contribution in [3.8, 4) is 0 Å². The van der Waals surface area contributed by atoms with Gasteiger partial charge in [0.1, 0.15) is 11.7 Å². The summed E-state index contributed by atoms with van der Waals surface area (Å²) < 4.78 is 0. The largest absolute Gasteiger partial charge is 0.347 e. The molecule has 2 amide bonds. The minimum atomic E-state index is -0.605. The van der Waals surface area contributed by atoms with Crippen LogP contribution in [-0.2, 0) is 4.79 Å². The van der Waals surface area contributed by atoms with E-state index in [2.05, 4.69) is 15.5 Å². The SMILES string of the molecule is CC(C)C[C@@H](NC(=O)c1ccc(=O)[nH]n1)C(=O)N(C)C. The predicted molar refractivity (Wildman–Crippen MR) is 74.3 cm³/mol. The van der Waals surface area contributed by atoms with Crippen molar-refractivity contribution in [1.82, 2.24) is 20.4 Å². The topological polar surface area (TPSA) is 95.2 Å². The number of H-pyrrole nitrogens is 1. The van der Waals surface area contributed by atoms with Crippen LogP contribution in [0.3, 0.4) is 0 Å². The molecule has 0 bridgehead atoms. The van der Waals surface area contributed by atoms with E-state index < -0.39 is 11.9 Å². The number of likely N-dealkylation sites (N-methyl/N-ethyl adjacent to an activating group) is 1. The predicted octanol–water partition coefficient (Wildman–Crippen LogP) is 0.00260. The van der Waals surface area contributed by atoms with Crippen LogP contribution in [0, 0.1) is 5.92 Å². The molecule has 1 aromatic heterocycles. The van der Waals surface area contributed by atoms with Crippen LogP contribution in [0.2, 0.25) is 0 Å². The molecule has 110 valence electrons. The van der Waals surface area contributed by atoms with Crippen molar-refractivity contribution >= 4 is 11.8 Å². The van der Waals surface area contributed by atoms with Crippen LogP contribution in [0.15, 0.2) is 16.9 Å². The third kappa shape index (κ3) is 4.49. The molecule has 0 aliphatic rings. The molecule has 0 saturated carbocycles. The summed E-state index contributed by atoms with van der Waals surface area (Å²) in [5.74, 6) is -0.397. The van der Waals surface area contributed by atoms with Gasteiger partial charge in [0, 0.05) is 20.2 Å². The van der Waals surface area contributed by atoms with E-state index in [0.717, 1.165) is 0 Å². The highest BCUT2D eigenvalue weighted by molar-refractivity contribution is 5.95. The monoisotopic (exact) mass is 280 g/mol. The van der Waals surface area contributed by atoms with Crippen molar-refractivity contribution in [3.05, 3.63) is 28.2 Å². The zero-order valence-electron chi connectivity index (χ0n) is 12.1. The number of aromatic amines is 1. The molecular weight excluding hydrogens is 260 g/mol. The molecular formula is C13H20N4O3. The van der Waals surface area contributed by atoms with Crippen LogP contribution in [0.1, 0.15) is 30.8 Å². The Balaban J connectivity index is 2.83. The van der Waals surface area contributed by atoms with Crippen LogP contribution >= 0.6 is 0 Å². The highest BCUT2D eigenvalue weighted by Crippen LogP contribution is 2.07. The fourth-order valence-corrected chi connectivity index (χ4v) is 1.71. The van der Waals surface area contributed by atoms with Gasteiger partial charge < -0.3 is 10.2 Å². The van der Waals surface area contributed by atoms with Crippen molar-refractivity contribution in [3.63, 3.8) is 0 Å². The molecule has 0 fully saturated rings. The second kappa shape index (κ2) is 6.83.